The second kappa shape index (κ2) is 9.54. The van der Waals surface area contributed by atoms with E-state index in [0.717, 1.165) is 5.69 Å². The minimum Gasteiger partial charge on any atom is -0.507 e. The third-order valence-electron chi connectivity index (χ3n) is 6.05. The summed E-state index contributed by atoms with van der Waals surface area (Å²) < 4.78 is 16.3. The highest BCUT2D eigenvalue weighted by Gasteiger charge is 2.46. The average molecular weight is 453 g/mol. The molecule has 2 aromatic carbocycles. The minimum atomic E-state index is -0.775. The first-order valence-corrected chi connectivity index (χ1v) is 10.9. The van der Waals surface area contributed by atoms with E-state index < -0.39 is 17.7 Å². The highest BCUT2D eigenvalue weighted by atomic mass is 16.5. The number of para-hydroxylation sites is 1. The van der Waals surface area contributed by atoms with Crippen LogP contribution in [0, 0.1) is 0 Å². The van der Waals surface area contributed by atoms with E-state index in [0.29, 0.717) is 55.4 Å². The number of benzene rings is 2. The fourth-order valence-electron chi connectivity index (χ4n) is 4.36. The minimum absolute atomic E-state index is 0.0428. The third-order valence-corrected chi connectivity index (χ3v) is 6.05. The number of methoxy groups -OCH3 is 2. The van der Waals surface area contributed by atoms with Gasteiger partial charge in [0.25, 0.3) is 11.7 Å². The number of hydrogen-bond acceptors (Lipinski definition) is 7. The molecule has 0 spiro atoms. The first-order chi connectivity index (χ1) is 16.0. The molecule has 0 aromatic heterocycles. The normalized spacial score (nSPS) is 19.4. The first kappa shape index (κ1) is 22.7. The number of aliphatic hydroxyl groups is 1. The number of nitrogens with zero attached hydrogens (tertiary/aromatic N) is 2. The second-order valence-electron chi connectivity index (χ2n) is 8.03. The van der Waals surface area contributed by atoms with E-state index >= 15 is 0 Å². The number of likely N-dealkylation sites (N-methyl/N-ethyl adjacent to an activating group) is 1. The van der Waals surface area contributed by atoms with E-state index in [1.54, 1.807) is 37.4 Å². The van der Waals surface area contributed by atoms with Gasteiger partial charge in [-0.3, -0.25) is 9.59 Å². The molecule has 0 saturated carbocycles. The van der Waals surface area contributed by atoms with Gasteiger partial charge in [-0.15, -0.1) is 0 Å². The molecule has 2 aromatic rings. The Bertz CT molecular complexity index is 1100. The highest BCUT2D eigenvalue weighted by Crippen LogP contribution is 2.43. The van der Waals surface area contributed by atoms with Crippen LogP contribution < -0.4 is 14.4 Å². The van der Waals surface area contributed by atoms with Crippen LogP contribution in [0.1, 0.15) is 23.6 Å². The number of rotatable bonds is 7. The standard InChI is InChI=1S/C25H28N2O6/c1-26-12-14-33-20-10-9-16(15-18(20)26)23(28)21-22(17-7-4-5-8-19(17)32-3)27(11-6-13-31-2)25(30)24(21)29/h4-5,7-10,15,22,28H,6,11-14H2,1-3H3/b23-21+. The summed E-state index contributed by atoms with van der Waals surface area (Å²) in [6, 6.07) is 11.7. The van der Waals surface area contributed by atoms with Gasteiger partial charge in [-0.25, -0.2) is 0 Å². The molecule has 1 amide bonds. The zero-order valence-corrected chi connectivity index (χ0v) is 19.0. The Morgan fingerprint density at radius 3 is 2.73 bits per heavy atom. The van der Waals surface area contributed by atoms with Gasteiger partial charge in [0.15, 0.2) is 0 Å². The zero-order valence-electron chi connectivity index (χ0n) is 19.0. The molecule has 4 rings (SSSR count). The van der Waals surface area contributed by atoms with Crippen LogP contribution in [0.4, 0.5) is 5.69 Å². The number of amides is 1. The molecule has 1 unspecified atom stereocenters. The topological polar surface area (TPSA) is 88.5 Å². The maximum absolute atomic E-state index is 13.2. The number of fused-ring (bicyclic) bond motifs is 1. The molecule has 0 bridgehead atoms. The molecule has 1 atom stereocenters. The van der Waals surface area contributed by atoms with E-state index in [9.17, 15) is 14.7 Å². The van der Waals surface area contributed by atoms with Gasteiger partial charge in [-0.1, -0.05) is 18.2 Å². The Balaban J connectivity index is 1.85. The highest BCUT2D eigenvalue weighted by molar-refractivity contribution is 6.46. The molecule has 0 radical (unpaired) electrons. The Kier molecular flexibility index (Phi) is 6.55. The van der Waals surface area contributed by atoms with E-state index in [1.807, 2.05) is 24.1 Å². The number of aliphatic hydroxyl groups excluding tert-OH is 1. The van der Waals surface area contributed by atoms with Gasteiger partial charge in [0.05, 0.1) is 31.0 Å². The van der Waals surface area contributed by atoms with Crippen LogP contribution in [0.5, 0.6) is 11.5 Å². The van der Waals surface area contributed by atoms with E-state index in [-0.39, 0.29) is 11.3 Å². The van der Waals surface area contributed by atoms with E-state index in [1.165, 1.54) is 12.0 Å². The Hall–Kier alpha value is -3.52. The van der Waals surface area contributed by atoms with Gasteiger partial charge in [0, 0.05) is 38.4 Å². The van der Waals surface area contributed by atoms with Crippen LogP contribution in [-0.4, -0.2) is 69.3 Å². The SMILES string of the molecule is COCCCN1C(=O)C(=O)/C(=C(/O)c2ccc3c(c2)N(C)CCO3)C1c1ccccc1OC. The van der Waals surface area contributed by atoms with Gasteiger partial charge in [0.2, 0.25) is 0 Å². The van der Waals surface area contributed by atoms with Crippen LogP contribution in [0.3, 0.4) is 0 Å². The van der Waals surface area contributed by atoms with Crippen molar-refractivity contribution in [3.63, 3.8) is 0 Å². The maximum Gasteiger partial charge on any atom is 0.295 e. The van der Waals surface area contributed by atoms with Gasteiger partial charge in [0.1, 0.15) is 23.9 Å². The predicted octanol–water partition coefficient (Wildman–Crippen LogP) is 2.98. The van der Waals surface area contributed by atoms with Crippen molar-refractivity contribution in [3.05, 3.63) is 59.2 Å². The molecular weight excluding hydrogens is 424 g/mol. The number of carbonyl (C=O) groups is 2. The lowest BCUT2D eigenvalue weighted by Gasteiger charge is -2.28. The molecule has 2 heterocycles. The maximum atomic E-state index is 13.2. The van der Waals surface area contributed by atoms with E-state index in [2.05, 4.69) is 0 Å². The summed E-state index contributed by atoms with van der Waals surface area (Å²) in [7, 11) is 5.06. The lowest BCUT2D eigenvalue weighted by Crippen LogP contribution is -2.31. The van der Waals surface area contributed by atoms with Crippen molar-refractivity contribution >= 4 is 23.1 Å². The van der Waals surface area contributed by atoms with Crippen LogP contribution in [0.25, 0.3) is 5.76 Å². The molecule has 8 nitrogen and oxygen atoms in total. The summed E-state index contributed by atoms with van der Waals surface area (Å²) in [6.45, 7) is 2.04. The molecule has 33 heavy (non-hydrogen) atoms. The number of ketones is 1. The fraction of sp³-hybridized carbons (Fsp3) is 0.360. The van der Waals surface area contributed by atoms with Crippen molar-refractivity contribution in [2.75, 3.05) is 52.5 Å². The number of Topliss-reactive ketones (excluding diaryl/α,β-unsaturated/α-hetero) is 1. The Morgan fingerprint density at radius 1 is 1.18 bits per heavy atom. The summed E-state index contributed by atoms with van der Waals surface area (Å²) in [5, 5.41) is 11.3. The Labute approximate surface area is 193 Å². The number of ether oxygens (including phenoxy) is 3. The summed E-state index contributed by atoms with van der Waals surface area (Å²) >= 11 is 0. The summed E-state index contributed by atoms with van der Waals surface area (Å²) in [5.41, 5.74) is 1.94. The van der Waals surface area contributed by atoms with Crippen LogP contribution >= 0.6 is 0 Å². The fourth-order valence-corrected chi connectivity index (χ4v) is 4.36. The zero-order chi connectivity index (χ0) is 23.5. The lowest BCUT2D eigenvalue weighted by atomic mass is 9.94. The third kappa shape index (κ3) is 4.14. The van der Waals surface area contributed by atoms with Gasteiger partial charge in [-0.2, -0.15) is 0 Å². The van der Waals surface area contributed by atoms with Crippen LogP contribution in [-0.2, 0) is 14.3 Å². The Morgan fingerprint density at radius 2 is 1.97 bits per heavy atom. The summed E-state index contributed by atoms with van der Waals surface area (Å²) in [4.78, 5) is 29.7. The smallest absolute Gasteiger partial charge is 0.295 e. The van der Waals surface area contributed by atoms with Gasteiger partial charge in [-0.05, 0) is 30.7 Å². The molecule has 8 heteroatoms. The van der Waals surface area contributed by atoms with Crippen molar-refractivity contribution in [1.29, 1.82) is 0 Å². The molecule has 0 aliphatic carbocycles. The number of hydrogen-bond donors (Lipinski definition) is 1. The lowest BCUT2D eigenvalue weighted by molar-refractivity contribution is -0.140. The molecule has 2 aliphatic heterocycles. The molecule has 174 valence electrons. The monoisotopic (exact) mass is 452 g/mol. The van der Waals surface area contributed by atoms with Crippen LogP contribution in [0.15, 0.2) is 48.0 Å². The van der Waals surface area contributed by atoms with Crippen molar-refractivity contribution in [1.82, 2.24) is 4.90 Å². The first-order valence-electron chi connectivity index (χ1n) is 10.9. The summed E-state index contributed by atoms with van der Waals surface area (Å²) in [5.74, 6) is -0.349. The molecule has 1 N–H and O–H groups in total. The largest absolute Gasteiger partial charge is 0.507 e. The molecule has 1 saturated heterocycles. The number of likely N-dealkylation sites (tertiary alicyclic amines) is 1. The van der Waals surface area contributed by atoms with Gasteiger partial charge >= 0.3 is 0 Å². The molecular formula is C25H28N2O6. The average Bonchev–Trinajstić information content (AvgIpc) is 3.08. The van der Waals surface area contributed by atoms with Crippen molar-refractivity contribution in [3.8, 4) is 11.5 Å². The quantitative estimate of drug-likeness (QED) is 0.299. The van der Waals surface area contributed by atoms with Crippen LogP contribution in [0.2, 0.25) is 0 Å². The number of carbonyl (C=O) groups excluding carboxylic acids is 2. The van der Waals surface area contributed by atoms with Crippen molar-refractivity contribution in [2.45, 2.75) is 12.5 Å². The van der Waals surface area contributed by atoms with Crippen molar-refractivity contribution in [2.24, 2.45) is 0 Å². The predicted molar refractivity (Wildman–Crippen MR) is 124 cm³/mol. The summed E-state index contributed by atoms with van der Waals surface area (Å²) in [6.07, 6.45) is 0.552. The van der Waals surface area contributed by atoms with Crippen molar-refractivity contribution < 1.29 is 28.9 Å². The number of anilines is 1. The molecule has 1 fully saturated rings. The van der Waals surface area contributed by atoms with E-state index in [4.69, 9.17) is 14.2 Å². The van der Waals surface area contributed by atoms with Gasteiger partial charge < -0.3 is 29.1 Å². The molecule has 2 aliphatic rings. The second-order valence-corrected chi connectivity index (χ2v) is 8.03.